The molecule has 0 aliphatic carbocycles. The van der Waals surface area contributed by atoms with Crippen LogP contribution in [0.5, 0.6) is 5.75 Å². The number of methoxy groups -OCH3 is 1. The number of hydrogen-bond donors (Lipinski definition) is 1. The zero-order chi connectivity index (χ0) is 15.1. The van der Waals surface area contributed by atoms with Gasteiger partial charge in [-0.15, -0.1) is 0 Å². The summed E-state index contributed by atoms with van der Waals surface area (Å²) in [6.45, 7) is 5.42. The van der Waals surface area contributed by atoms with E-state index in [1.165, 1.54) is 11.1 Å². The fraction of sp³-hybridized carbons (Fsp3) is 0.368. The lowest BCUT2D eigenvalue weighted by Gasteiger charge is -2.26. The molecule has 2 unspecified atom stereocenters. The molecule has 1 N–H and O–H groups in total. The highest BCUT2D eigenvalue weighted by Crippen LogP contribution is 2.28. The van der Waals surface area contributed by atoms with E-state index in [-0.39, 0.29) is 0 Å². The van der Waals surface area contributed by atoms with Crippen LogP contribution in [0.1, 0.15) is 31.0 Å². The van der Waals surface area contributed by atoms with Crippen LogP contribution in [0.4, 0.5) is 0 Å². The zero-order valence-electron chi connectivity index (χ0n) is 13.2. The van der Waals surface area contributed by atoms with Gasteiger partial charge in [0, 0.05) is 6.04 Å². The number of rotatable bonds is 7. The van der Waals surface area contributed by atoms with Gasteiger partial charge in [-0.1, -0.05) is 62.4 Å². The van der Waals surface area contributed by atoms with E-state index in [0.717, 1.165) is 18.7 Å². The Morgan fingerprint density at radius 3 is 2.33 bits per heavy atom. The monoisotopic (exact) mass is 283 g/mol. The maximum atomic E-state index is 5.47. The van der Waals surface area contributed by atoms with Crippen molar-refractivity contribution in [1.29, 1.82) is 0 Å². The molecule has 112 valence electrons. The Labute approximate surface area is 128 Å². The van der Waals surface area contributed by atoms with Crippen LogP contribution in [0.15, 0.2) is 54.6 Å². The standard InChI is InChI=1S/C19H25NO/c1-4-20-19(16-10-6-5-7-11-16)15(2)14-17-12-8-9-13-18(17)21-3/h5-13,15,19-20H,4,14H2,1-3H3. The fourth-order valence-corrected chi connectivity index (χ4v) is 2.86. The first-order valence-electron chi connectivity index (χ1n) is 7.66. The van der Waals surface area contributed by atoms with Crippen LogP contribution in [0, 0.1) is 5.92 Å². The first-order chi connectivity index (χ1) is 10.3. The van der Waals surface area contributed by atoms with Crippen LogP contribution in [0.25, 0.3) is 0 Å². The van der Waals surface area contributed by atoms with E-state index in [4.69, 9.17) is 4.74 Å². The van der Waals surface area contributed by atoms with Gasteiger partial charge in [-0.05, 0) is 36.1 Å². The Bertz CT molecular complexity index is 538. The van der Waals surface area contributed by atoms with Crippen molar-refractivity contribution in [2.24, 2.45) is 5.92 Å². The summed E-state index contributed by atoms with van der Waals surface area (Å²) in [5.41, 5.74) is 2.62. The minimum atomic E-state index is 0.362. The van der Waals surface area contributed by atoms with E-state index in [1.807, 2.05) is 12.1 Å². The van der Waals surface area contributed by atoms with Crippen LogP contribution in [0.2, 0.25) is 0 Å². The highest BCUT2D eigenvalue weighted by atomic mass is 16.5. The predicted octanol–water partition coefficient (Wildman–Crippen LogP) is 4.22. The Kier molecular flexibility index (Phi) is 5.82. The third-order valence-corrected chi connectivity index (χ3v) is 3.89. The lowest BCUT2D eigenvalue weighted by molar-refractivity contribution is 0.375. The lowest BCUT2D eigenvalue weighted by Crippen LogP contribution is -2.28. The molecule has 0 aromatic heterocycles. The number of para-hydroxylation sites is 1. The lowest BCUT2D eigenvalue weighted by atomic mass is 9.89. The molecule has 0 aliphatic heterocycles. The second-order valence-corrected chi connectivity index (χ2v) is 5.44. The van der Waals surface area contributed by atoms with Gasteiger partial charge in [-0.25, -0.2) is 0 Å². The molecule has 21 heavy (non-hydrogen) atoms. The molecule has 0 amide bonds. The van der Waals surface area contributed by atoms with Crippen LogP contribution >= 0.6 is 0 Å². The Morgan fingerprint density at radius 1 is 1.00 bits per heavy atom. The van der Waals surface area contributed by atoms with Crippen molar-refractivity contribution in [3.8, 4) is 5.75 Å². The summed E-state index contributed by atoms with van der Waals surface area (Å²) in [6.07, 6.45) is 0.997. The van der Waals surface area contributed by atoms with E-state index in [0.29, 0.717) is 12.0 Å². The maximum Gasteiger partial charge on any atom is 0.122 e. The van der Waals surface area contributed by atoms with Crippen molar-refractivity contribution >= 4 is 0 Å². The van der Waals surface area contributed by atoms with Crippen molar-refractivity contribution in [1.82, 2.24) is 5.32 Å². The van der Waals surface area contributed by atoms with Gasteiger partial charge in [0.15, 0.2) is 0 Å². The summed E-state index contributed by atoms with van der Waals surface area (Å²) < 4.78 is 5.47. The largest absolute Gasteiger partial charge is 0.496 e. The van der Waals surface area contributed by atoms with Crippen molar-refractivity contribution in [3.05, 3.63) is 65.7 Å². The van der Waals surface area contributed by atoms with Crippen molar-refractivity contribution in [2.75, 3.05) is 13.7 Å². The predicted molar refractivity (Wildman–Crippen MR) is 88.7 cm³/mol. The molecule has 0 aliphatic rings. The second-order valence-electron chi connectivity index (χ2n) is 5.44. The van der Waals surface area contributed by atoms with E-state index < -0.39 is 0 Å². The molecular formula is C19H25NO. The molecule has 2 nitrogen and oxygen atoms in total. The fourth-order valence-electron chi connectivity index (χ4n) is 2.86. The average Bonchev–Trinajstić information content (AvgIpc) is 2.53. The molecule has 0 saturated carbocycles. The van der Waals surface area contributed by atoms with E-state index in [1.54, 1.807) is 7.11 Å². The van der Waals surface area contributed by atoms with Crippen LogP contribution in [0.3, 0.4) is 0 Å². The quantitative estimate of drug-likeness (QED) is 0.821. The highest BCUT2D eigenvalue weighted by Gasteiger charge is 2.19. The minimum Gasteiger partial charge on any atom is -0.496 e. The molecule has 2 rings (SSSR count). The minimum absolute atomic E-state index is 0.362. The molecule has 2 atom stereocenters. The Balaban J connectivity index is 2.17. The third kappa shape index (κ3) is 4.08. The van der Waals surface area contributed by atoms with E-state index in [2.05, 4.69) is 61.6 Å². The molecule has 0 fully saturated rings. The van der Waals surface area contributed by atoms with E-state index >= 15 is 0 Å². The van der Waals surface area contributed by atoms with Gasteiger partial charge in [0.05, 0.1) is 7.11 Å². The molecule has 2 heteroatoms. The molecule has 0 radical (unpaired) electrons. The average molecular weight is 283 g/mol. The zero-order valence-corrected chi connectivity index (χ0v) is 13.2. The molecule has 0 heterocycles. The van der Waals surface area contributed by atoms with Crippen molar-refractivity contribution in [3.63, 3.8) is 0 Å². The molecule has 2 aromatic carbocycles. The smallest absolute Gasteiger partial charge is 0.122 e. The van der Waals surface area contributed by atoms with Crippen LogP contribution < -0.4 is 10.1 Å². The normalized spacial score (nSPS) is 13.7. The third-order valence-electron chi connectivity index (χ3n) is 3.89. The molecule has 0 spiro atoms. The van der Waals surface area contributed by atoms with Crippen LogP contribution in [-0.2, 0) is 6.42 Å². The summed E-state index contributed by atoms with van der Waals surface area (Å²) in [4.78, 5) is 0. The first-order valence-corrected chi connectivity index (χ1v) is 7.66. The van der Waals surface area contributed by atoms with Gasteiger partial charge in [-0.3, -0.25) is 0 Å². The van der Waals surface area contributed by atoms with Gasteiger partial charge in [0.1, 0.15) is 5.75 Å². The van der Waals surface area contributed by atoms with E-state index in [9.17, 15) is 0 Å². The second kappa shape index (κ2) is 7.84. The summed E-state index contributed by atoms with van der Waals surface area (Å²) in [7, 11) is 1.74. The number of hydrogen-bond acceptors (Lipinski definition) is 2. The molecular weight excluding hydrogens is 258 g/mol. The highest BCUT2D eigenvalue weighted by molar-refractivity contribution is 5.34. The van der Waals surface area contributed by atoms with Gasteiger partial charge >= 0.3 is 0 Å². The summed E-state index contributed by atoms with van der Waals surface area (Å²) >= 11 is 0. The summed E-state index contributed by atoms with van der Waals surface area (Å²) in [5.74, 6) is 1.47. The summed E-state index contributed by atoms with van der Waals surface area (Å²) in [6, 6.07) is 19.3. The van der Waals surface area contributed by atoms with Crippen molar-refractivity contribution in [2.45, 2.75) is 26.3 Å². The Hall–Kier alpha value is -1.80. The first kappa shape index (κ1) is 15.6. The maximum absolute atomic E-state index is 5.47. The number of ether oxygens (including phenoxy) is 1. The van der Waals surface area contributed by atoms with Gasteiger partial charge in [-0.2, -0.15) is 0 Å². The number of nitrogens with one attached hydrogen (secondary N) is 1. The number of benzene rings is 2. The summed E-state index contributed by atoms with van der Waals surface area (Å²) in [5, 5.41) is 3.62. The molecule has 0 bridgehead atoms. The molecule has 2 aromatic rings. The molecule has 0 saturated heterocycles. The Morgan fingerprint density at radius 2 is 1.67 bits per heavy atom. The SMILES string of the molecule is CCNC(c1ccccc1)C(C)Cc1ccccc1OC. The van der Waals surface area contributed by atoms with Crippen molar-refractivity contribution < 1.29 is 4.74 Å². The van der Waals surface area contributed by atoms with Gasteiger partial charge in [0.2, 0.25) is 0 Å². The van der Waals surface area contributed by atoms with Gasteiger partial charge < -0.3 is 10.1 Å². The topological polar surface area (TPSA) is 21.3 Å². The van der Waals surface area contributed by atoms with Gasteiger partial charge in [0.25, 0.3) is 0 Å². The van der Waals surface area contributed by atoms with Crippen LogP contribution in [-0.4, -0.2) is 13.7 Å².